The summed E-state index contributed by atoms with van der Waals surface area (Å²) in [5.74, 6) is -1.78. The molecule has 0 aliphatic carbocycles. The fourth-order valence-electron chi connectivity index (χ4n) is 1.18. The lowest BCUT2D eigenvalue weighted by Crippen LogP contribution is -2.08. The Hall–Kier alpha value is -1.91. The van der Waals surface area contributed by atoms with Crippen molar-refractivity contribution < 1.29 is 23.5 Å². The lowest BCUT2D eigenvalue weighted by Gasteiger charge is -2.09. The predicted molar refractivity (Wildman–Crippen MR) is 49.7 cm³/mol. The van der Waals surface area contributed by atoms with Crippen LogP contribution >= 0.6 is 0 Å². The molecule has 0 heterocycles. The zero-order valence-electron chi connectivity index (χ0n) is 8.24. The van der Waals surface area contributed by atoms with Crippen molar-refractivity contribution in [2.24, 2.45) is 0 Å². The molecule has 0 amide bonds. The summed E-state index contributed by atoms with van der Waals surface area (Å²) in [6.07, 6.45) is 0.477. The minimum absolute atomic E-state index is 0.0966. The highest BCUT2D eigenvalue weighted by molar-refractivity contribution is 5.96. The SMILES string of the molecule is COC(=O)c1c(F)ccc(C=O)c1OC. The van der Waals surface area contributed by atoms with Crippen molar-refractivity contribution in [3.8, 4) is 5.75 Å². The largest absolute Gasteiger partial charge is 0.495 e. The number of rotatable bonds is 3. The number of hydrogen-bond donors (Lipinski definition) is 0. The number of methoxy groups -OCH3 is 2. The molecular weight excluding hydrogens is 203 g/mol. The number of hydrogen-bond acceptors (Lipinski definition) is 4. The number of aldehydes is 1. The maximum absolute atomic E-state index is 13.3. The second-order valence-electron chi connectivity index (χ2n) is 2.65. The van der Waals surface area contributed by atoms with Gasteiger partial charge in [0, 0.05) is 0 Å². The molecule has 4 nitrogen and oxygen atoms in total. The van der Waals surface area contributed by atoms with Gasteiger partial charge in [0.25, 0.3) is 0 Å². The molecule has 5 heteroatoms. The predicted octanol–water partition coefficient (Wildman–Crippen LogP) is 1.43. The first-order valence-corrected chi connectivity index (χ1v) is 4.05. The van der Waals surface area contributed by atoms with Crippen molar-refractivity contribution in [1.29, 1.82) is 0 Å². The Kier molecular flexibility index (Phi) is 3.38. The van der Waals surface area contributed by atoms with E-state index < -0.39 is 11.8 Å². The van der Waals surface area contributed by atoms with Gasteiger partial charge < -0.3 is 9.47 Å². The third-order valence-corrected chi connectivity index (χ3v) is 1.86. The Morgan fingerprint density at radius 1 is 1.40 bits per heavy atom. The third kappa shape index (κ3) is 1.96. The highest BCUT2D eigenvalue weighted by Gasteiger charge is 2.21. The molecule has 0 saturated carbocycles. The van der Waals surface area contributed by atoms with E-state index in [2.05, 4.69) is 4.74 Å². The van der Waals surface area contributed by atoms with Crippen LogP contribution in [0, 0.1) is 5.82 Å². The Bertz CT molecular complexity index is 401. The van der Waals surface area contributed by atoms with Gasteiger partial charge in [-0.3, -0.25) is 4.79 Å². The molecule has 0 radical (unpaired) electrons. The number of halogens is 1. The number of carbonyl (C=O) groups excluding carboxylic acids is 2. The van der Waals surface area contributed by atoms with Gasteiger partial charge in [-0.2, -0.15) is 0 Å². The van der Waals surface area contributed by atoms with Gasteiger partial charge in [0.1, 0.15) is 17.1 Å². The Labute approximate surface area is 85.6 Å². The van der Waals surface area contributed by atoms with Crippen LogP contribution in [-0.2, 0) is 4.74 Å². The van der Waals surface area contributed by atoms with Crippen molar-refractivity contribution in [3.63, 3.8) is 0 Å². The van der Waals surface area contributed by atoms with Crippen molar-refractivity contribution in [1.82, 2.24) is 0 Å². The third-order valence-electron chi connectivity index (χ3n) is 1.86. The molecule has 0 aliphatic rings. The van der Waals surface area contributed by atoms with Gasteiger partial charge in [0.15, 0.2) is 6.29 Å². The average Bonchev–Trinajstić information content (AvgIpc) is 2.27. The van der Waals surface area contributed by atoms with Gasteiger partial charge in [-0.25, -0.2) is 9.18 Å². The van der Waals surface area contributed by atoms with Crippen LogP contribution in [-0.4, -0.2) is 26.5 Å². The highest BCUT2D eigenvalue weighted by Crippen LogP contribution is 2.25. The molecule has 15 heavy (non-hydrogen) atoms. The first-order valence-electron chi connectivity index (χ1n) is 4.05. The minimum atomic E-state index is -0.881. The maximum Gasteiger partial charge on any atom is 0.344 e. The van der Waals surface area contributed by atoms with E-state index in [9.17, 15) is 14.0 Å². The van der Waals surface area contributed by atoms with Crippen molar-refractivity contribution in [3.05, 3.63) is 29.1 Å². The van der Waals surface area contributed by atoms with Gasteiger partial charge in [0.05, 0.1) is 19.8 Å². The van der Waals surface area contributed by atoms with E-state index >= 15 is 0 Å². The lowest BCUT2D eigenvalue weighted by atomic mass is 10.1. The first kappa shape index (κ1) is 11.2. The fourth-order valence-corrected chi connectivity index (χ4v) is 1.18. The summed E-state index contributed by atoms with van der Waals surface area (Å²) in [5, 5.41) is 0. The zero-order chi connectivity index (χ0) is 11.4. The fraction of sp³-hybridized carbons (Fsp3) is 0.200. The maximum atomic E-state index is 13.3. The van der Waals surface area contributed by atoms with Crippen molar-refractivity contribution in [2.75, 3.05) is 14.2 Å². The van der Waals surface area contributed by atoms with Gasteiger partial charge >= 0.3 is 5.97 Å². The molecule has 0 bridgehead atoms. The van der Waals surface area contributed by atoms with E-state index in [1.807, 2.05) is 0 Å². The van der Waals surface area contributed by atoms with E-state index in [1.165, 1.54) is 13.2 Å². The highest BCUT2D eigenvalue weighted by atomic mass is 19.1. The molecule has 1 rings (SSSR count). The second-order valence-corrected chi connectivity index (χ2v) is 2.65. The topological polar surface area (TPSA) is 52.6 Å². The van der Waals surface area contributed by atoms with Crippen molar-refractivity contribution >= 4 is 12.3 Å². The Morgan fingerprint density at radius 2 is 2.07 bits per heavy atom. The first-order chi connectivity index (χ1) is 7.15. The smallest absolute Gasteiger partial charge is 0.344 e. The molecule has 0 N–H and O–H groups in total. The van der Waals surface area contributed by atoms with E-state index in [0.29, 0.717) is 6.29 Å². The average molecular weight is 212 g/mol. The molecule has 0 saturated heterocycles. The zero-order valence-corrected chi connectivity index (χ0v) is 8.24. The summed E-state index contributed by atoms with van der Waals surface area (Å²) in [4.78, 5) is 21.8. The van der Waals surface area contributed by atoms with Gasteiger partial charge in [-0.15, -0.1) is 0 Å². The summed E-state index contributed by atoms with van der Waals surface area (Å²) < 4.78 is 22.5. The van der Waals surface area contributed by atoms with Crippen LogP contribution in [0.3, 0.4) is 0 Å². The summed E-state index contributed by atoms with van der Waals surface area (Å²) in [6.45, 7) is 0. The van der Waals surface area contributed by atoms with Crippen LogP contribution in [0.25, 0.3) is 0 Å². The summed E-state index contributed by atoms with van der Waals surface area (Å²) in [5.41, 5.74) is -0.274. The number of esters is 1. The molecule has 0 atom stereocenters. The summed E-state index contributed by atoms with van der Waals surface area (Å²) in [7, 11) is 2.36. The van der Waals surface area contributed by atoms with E-state index in [4.69, 9.17) is 4.74 Å². The van der Waals surface area contributed by atoms with Gasteiger partial charge in [-0.05, 0) is 12.1 Å². The molecule has 0 unspecified atom stereocenters. The summed E-state index contributed by atoms with van der Waals surface area (Å²) in [6, 6.07) is 2.24. The van der Waals surface area contributed by atoms with E-state index in [-0.39, 0.29) is 16.9 Å². The monoisotopic (exact) mass is 212 g/mol. The quantitative estimate of drug-likeness (QED) is 0.561. The molecular formula is C10H9FO4. The molecule has 0 fully saturated rings. The molecule has 80 valence electrons. The second kappa shape index (κ2) is 4.54. The van der Waals surface area contributed by atoms with Crippen LogP contribution in [0.2, 0.25) is 0 Å². The number of benzene rings is 1. The summed E-state index contributed by atoms with van der Waals surface area (Å²) >= 11 is 0. The lowest BCUT2D eigenvalue weighted by molar-refractivity contribution is 0.0591. The molecule has 1 aromatic rings. The van der Waals surface area contributed by atoms with E-state index in [1.54, 1.807) is 0 Å². The standard InChI is InChI=1S/C10H9FO4/c1-14-9-6(5-12)3-4-7(11)8(9)10(13)15-2/h3-5H,1-2H3. The molecule has 0 aromatic heterocycles. The molecule has 0 spiro atoms. The Morgan fingerprint density at radius 3 is 2.53 bits per heavy atom. The molecule has 1 aromatic carbocycles. The minimum Gasteiger partial charge on any atom is -0.495 e. The van der Waals surface area contributed by atoms with Crippen molar-refractivity contribution in [2.45, 2.75) is 0 Å². The van der Waals surface area contributed by atoms with Crippen LogP contribution in [0.1, 0.15) is 20.7 Å². The number of ether oxygens (including phenoxy) is 2. The van der Waals surface area contributed by atoms with Crippen LogP contribution in [0.4, 0.5) is 4.39 Å². The van der Waals surface area contributed by atoms with Crippen LogP contribution in [0.5, 0.6) is 5.75 Å². The molecule has 0 aliphatic heterocycles. The normalized spacial score (nSPS) is 9.53. The van der Waals surface area contributed by atoms with Crippen LogP contribution < -0.4 is 4.74 Å². The number of carbonyl (C=O) groups is 2. The van der Waals surface area contributed by atoms with Gasteiger partial charge in [-0.1, -0.05) is 0 Å². The van der Waals surface area contributed by atoms with Crippen LogP contribution in [0.15, 0.2) is 12.1 Å². The Balaban J connectivity index is 3.45. The van der Waals surface area contributed by atoms with Gasteiger partial charge in [0.2, 0.25) is 0 Å². The van der Waals surface area contributed by atoms with E-state index in [0.717, 1.165) is 13.2 Å².